The molecule has 116 valence electrons. The third kappa shape index (κ3) is 4.55. The van der Waals surface area contributed by atoms with Crippen molar-refractivity contribution >= 4 is 35.0 Å². The highest BCUT2D eigenvalue weighted by Crippen LogP contribution is 2.30. The van der Waals surface area contributed by atoms with Crippen LogP contribution in [0.3, 0.4) is 0 Å². The normalized spacial score (nSPS) is 15.9. The van der Waals surface area contributed by atoms with Crippen molar-refractivity contribution in [1.29, 1.82) is 0 Å². The Morgan fingerprint density at radius 2 is 2.10 bits per heavy atom. The van der Waals surface area contributed by atoms with Crippen molar-refractivity contribution in [2.75, 3.05) is 18.0 Å². The quantitative estimate of drug-likeness (QED) is 0.651. The van der Waals surface area contributed by atoms with Gasteiger partial charge >= 0.3 is 0 Å². The van der Waals surface area contributed by atoms with Gasteiger partial charge in [0.05, 0.1) is 10.8 Å². The topological polar surface area (TPSA) is 46.3 Å². The molecule has 0 aliphatic heterocycles. The van der Waals surface area contributed by atoms with E-state index in [1.54, 1.807) is 12.1 Å². The van der Waals surface area contributed by atoms with Crippen molar-refractivity contribution in [3.8, 4) is 0 Å². The fraction of sp³-hybridized carbons (Fsp3) is 0.562. The Balaban J connectivity index is 1.94. The highest BCUT2D eigenvalue weighted by atomic mass is 35.5. The lowest BCUT2D eigenvalue weighted by atomic mass is 9.94. The Kier molecular flexibility index (Phi) is 6.24. The molecule has 0 radical (unpaired) electrons. The number of hydrogen-bond donors (Lipinski definition) is 1. The number of hydrogen-bond acceptors (Lipinski definition) is 3. The van der Waals surface area contributed by atoms with E-state index in [0.29, 0.717) is 22.5 Å². The van der Waals surface area contributed by atoms with Gasteiger partial charge in [0, 0.05) is 23.2 Å². The Morgan fingerprint density at radius 3 is 2.76 bits per heavy atom. The van der Waals surface area contributed by atoms with E-state index in [1.165, 1.54) is 31.0 Å². The molecule has 0 spiro atoms. The number of carbonyl (C=O) groups is 1. The fourth-order valence-electron chi connectivity index (χ4n) is 2.88. The maximum atomic E-state index is 12.5. The van der Waals surface area contributed by atoms with Crippen LogP contribution in [-0.2, 0) is 4.79 Å². The highest BCUT2D eigenvalue weighted by Gasteiger charge is 2.24. The van der Waals surface area contributed by atoms with Gasteiger partial charge in [-0.2, -0.15) is 0 Å². The first-order valence-corrected chi connectivity index (χ1v) is 8.95. The van der Waals surface area contributed by atoms with Gasteiger partial charge in [-0.1, -0.05) is 30.9 Å². The number of anilines is 1. The summed E-state index contributed by atoms with van der Waals surface area (Å²) in [5.41, 5.74) is 6.44. The second-order valence-corrected chi connectivity index (χ2v) is 6.87. The van der Waals surface area contributed by atoms with Crippen LogP contribution in [0.5, 0.6) is 0 Å². The summed E-state index contributed by atoms with van der Waals surface area (Å²) in [7, 11) is 0. The molecule has 2 N–H and O–H groups in total. The van der Waals surface area contributed by atoms with E-state index in [4.69, 9.17) is 17.3 Å². The summed E-state index contributed by atoms with van der Waals surface area (Å²) < 4.78 is 0. The maximum Gasteiger partial charge on any atom is 0.233 e. The first kappa shape index (κ1) is 16.5. The standard InChI is InChI=1S/C16H23ClN2OS/c1-2-19(13-6-4-3-5-7-13)16(20)11-21-15-10-12(18)8-9-14(15)17/h8-10,13H,2-7,11,18H2,1H3. The number of thioether (sulfide) groups is 1. The Morgan fingerprint density at radius 1 is 1.38 bits per heavy atom. The van der Waals surface area contributed by atoms with Crippen molar-refractivity contribution in [2.45, 2.75) is 50.0 Å². The summed E-state index contributed by atoms with van der Waals surface area (Å²) in [6.45, 7) is 2.85. The first-order chi connectivity index (χ1) is 10.1. The van der Waals surface area contributed by atoms with Crippen LogP contribution in [0.15, 0.2) is 23.1 Å². The molecule has 0 unspecified atom stereocenters. The zero-order chi connectivity index (χ0) is 15.2. The maximum absolute atomic E-state index is 12.5. The number of nitrogens with zero attached hydrogens (tertiary/aromatic N) is 1. The molecule has 1 fully saturated rings. The fourth-order valence-corrected chi connectivity index (χ4v) is 4.04. The van der Waals surface area contributed by atoms with Crippen LogP contribution in [0.2, 0.25) is 5.02 Å². The van der Waals surface area contributed by atoms with E-state index in [0.717, 1.165) is 24.3 Å². The van der Waals surface area contributed by atoms with E-state index >= 15 is 0 Å². The molecule has 3 nitrogen and oxygen atoms in total. The molecule has 1 aliphatic rings. The number of halogens is 1. The van der Waals surface area contributed by atoms with Gasteiger partial charge in [0.1, 0.15) is 0 Å². The summed E-state index contributed by atoms with van der Waals surface area (Å²) in [5, 5.41) is 0.655. The SMILES string of the molecule is CCN(C(=O)CSc1cc(N)ccc1Cl)C1CCCCC1. The molecular formula is C16H23ClN2OS. The number of nitrogen functional groups attached to an aromatic ring is 1. The van der Waals surface area contributed by atoms with Crippen LogP contribution in [0.1, 0.15) is 39.0 Å². The minimum Gasteiger partial charge on any atom is -0.399 e. The van der Waals surface area contributed by atoms with Gasteiger partial charge in [-0.05, 0) is 38.0 Å². The van der Waals surface area contributed by atoms with E-state index in [-0.39, 0.29) is 5.91 Å². The largest absolute Gasteiger partial charge is 0.399 e. The molecule has 1 aliphatic carbocycles. The van der Waals surface area contributed by atoms with Crippen LogP contribution < -0.4 is 5.73 Å². The monoisotopic (exact) mass is 326 g/mol. The number of carbonyl (C=O) groups excluding carboxylic acids is 1. The lowest BCUT2D eigenvalue weighted by Crippen LogP contribution is -2.42. The molecule has 1 aromatic rings. The van der Waals surface area contributed by atoms with Gasteiger partial charge in [0.2, 0.25) is 5.91 Å². The zero-order valence-electron chi connectivity index (χ0n) is 12.5. The summed E-state index contributed by atoms with van der Waals surface area (Å²) in [6, 6.07) is 5.81. The van der Waals surface area contributed by atoms with E-state index in [9.17, 15) is 4.79 Å². The average Bonchev–Trinajstić information content (AvgIpc) is 2.50. The molecule has 1 amide bonds. The molecule has 21 heavy (non-hydrogen) atoms. The molecular weight excluding hydrogens is 304 g/mol. The number of nitrogens with two attached hydrogens (primary N) is 1. The summed E-state index contributed by atoms with van der Waals surface area (Å²) in [4.78, 5) is 15.4. The molecule has 0 saturated heterocycles. The summed E-state index contributed by atoms with van der Waals surface area (Å²) >= 11 is 7.61. The van der Waals surface area contributed by atoms with E-state index < -0.39 is 0 Å². The molecule has 0 atom stereocenters. The molecule has 1 aromatic carbocycles. The zero-order valence-corrected chi connectivity index (χ0v) is 14.1. The Labute approximate surface area is 136 Å². The van der Waals surface area contributed by atoms with Crippen LogP contribution >= 0.6 is 23.4 Å². The lowest BCUT2D eigenvalue weighted by Gasteiger charge is -2.33. The first-order valence-electron chi connectivity index (χ1n) is 7.59. The highest BCUT2D eigenvalue weighted by molar-refractivity contribution is 8.00. The second kappa shape index (κ2) is 7.95. The third-order valence-corrected chi connectivity index (χ3v) is 5.46. The van der Waals surface area contributed by atoms with Crippen LogP contribution in [-0.4, -0.2) is 29.1 Å². The van der Waals surface area contributed by atoms with Crippen molar-refractivity contribution < 1.29 is 4.79 Å². The van der Waals surface area contributed by atoms with Gasteiger partial charge in [-0.25, -0.2) is 0 Å². The van der Waals surface area contributed by atoms with Crippen LogP contribution in [0, 0.1) is 0 Å². The number of amides is 1. The number of benzene rings is 1. The average molecular weight is 327 g/mol. The van der Waals surface area contributed by atoms with Crippen LogP contribution in [0.25, 0.3) is 0 Å². The van der Waals surface area contributed by atoms with Gasteiger partial charge in [0.25, 0.3) is 0 Å². The van der Waals surface area contributed by atoms with Gasteiger partial charge in [-0.3, -0.25) is 4.79 Å². The van der Waals surface area contributed by atoms with Crippen molar-refractivity contribution in [2.24, 2.45) is 0 Å². The minimum absolute atomic E-state index is 0.202. The Hall–Kier alpha value is -0.870. The molecule has 5 heteroatoms. The number of rotatable bonds is 5. The van der Waals surface area contributed by atoms with Gasteiger partial charge < -0.3 is 10.6 Å². The van der Waals surface area contributed by atoms with E-state index in [1.807, 2.05) is 11.0 Å². The summed E-state index contributed by atoms with van der Waals surface area (Å²) in [6.07, 6.45) is 6.06. The second-order valence-electron chi connectivity index (χ2n) is 5.45. The molecule has 0 aromatic heterocycles. The molecule has 0 heterocycles. The smallest absolute Gasteiger partial charge is 0.233 e. The minimum atomic E-state index is 0.202. The third-order valence-electron chi connectivity index (χ3n) is 3.98. The molecule has 2 rings (SSSR count). The van der Waals surface area contributed by atoms with Crippen molar-refractivity contribution in [3.05, 3.63) is 23.2 Å². The Bertz CT molecular complexity index is 489. The predicted molar refractivity (Wildman–Crippen MR) is 90.8 cm³/mol. The molecule has 0 bridgehead atoms. The van der Waals surface area contributed by atoms with Crippen molar-refractivity contribution in [3.63, 3.8) is 0 Å². The van der Waals surface area contributed by atoms with Crippen LogP contribution in [0.4, 0.5) is 5.69 Å². The lowest BCUT2D eigenvalue weighted by molar-refractivity contribution is -0.131. The van der Waals surface area contributed by atoms with Gasteiger partial charge in [0.15, 0.2) is 0 Å². The van der Waals surface area contributed by atoms with E-state index in [2.05, 4.69) is 6.92 Å². The molecule has 1 saturated carbocycles. The van der Waals surface area contributed by atoms with Gasteiger partial charge in [-0.15, -0.1) is 11.8 Å². The van der Waals surface area contributed by atoms with Crippen molar-refractivity contribution in [1.82, 2.24) is 4.90 Å². The predicted octanol–water partition coefficient (Wildman–Crippen LogP) is 4.20. The summed E-state index contributed by atoms with van der Waals surface area (Å²) in [5.74, 6) is 0.626.